The highest BCUT2D eigenvalue weighted by Crippen LogP contribution is 2.17. The lowest BCUT2D eigenvalue weighted by Gasteiger charge is -2.15. The lowest BCUT2D eigenvalue weighted by atomic mass is 10.1. The number of halogens is 1. The fourth-order valence-corrected chi connectivity index (χ4v) is 2.58. The highest BCUT2D eigenvalue weighted by atomic mass is 79.9. The number of urea groups is 1. The molecule has 0 bridgehead atoms. The third-order valence-corrected chi connectivity index (χ3v) is 4.16. The van der Waals surface area contributed by atoms with Crippen molar-refractivity contribution in [2.45, 2.75) is 32.2 Å². The number of carbonyl (C=O) groups excluding carboxylic acids is 3. The molecule has 0 unspecified atom stereocenters. The molecule has 0 aromatic heterocycles. The fraction of sp³-hybridized carbons (Fsp3) is 0.471. The quantitative estimate of drug-likeness (QED) is 0.402. The average molecular weight is 413 g/mol. The van der Waals surface area contributed by atoms with Crippen LogP contribution in [0.15, 0.2) is 28.7 Å². The van der Waals surface area contributed by atoms with E-state index in [9.17, 15) is 14.4 Å². The maximum absolute atomic E-state index is 12.0. The number of carbonyl (C=O) groups is 3. The standard InChI is InChI=1S/C17H21BrN2O5/c1-17(2)15(22)20(16(23)19-17)9-3-4-14(21)25-11-10-24-13-7-5-12(18)6-8-13/h5-8H,3-4,9-11H2,1-2H3,(H,19,23). The van der Waals surface area contributed by atoms with Gasteiger partial charge >= 0.3 is 12.0 Å². The van der Waals surface area contributed by atoms with Crippen molar-refractivity contribution in [1.82, 2.24) is 10.2 Å². The molecule has 2 rings (SSSR count). The molecule has 0 aliphatic carbocycles. The summed E-state index contributed by atoms with van der Waals surface area (Å²) in [5.41, 5.74) is -0.887. The van der Waals surface area contributed by atoms with Crippen molar-refractivity contribution in [3.05, 3.63) is 28.7 Å². The normalized spacial score (nSPS) is 15.9. The van der Waals surface area contributed by atoms with Crippen molar-refractivity contribution in [3.63, 3.8) is 0 Å². The van der Waals surface area contributed by atoms with E-state index in [0.717, 1.165) is 9.37 Å². The van der Waals surface area contributed by atoms with E-state index >= 15 is 0 Å². The van der Waals surface area contributed by atoms with E-state index < -0.39 is 11.6 Å². The number of rotatable bonds is 8. The Hall–Kier alpha value is -2.09. The summed E-state index contributed by atoms with van der Waals surface area (Å²) in [6, 6.07) is 6.92. The average Bonchev–Trinajstić information content (AvgIpc) is 2.75. The van der Waals surface area contributed by atoms with Crippen LogP contribution < -0.4 is 10.1 Å². The molecule has 1 aromatic rings. The van der Waals surface area contributed by atoms with Gasteiger partial charge in [0.2, 0.25) is 0 Å². The number of ether oxygens (including phenoxy) is 2. The third kappa shape index (κ3) is 5.45. The number of imide groups is 1. The van der Waals surface area contributed by atoms with E-state index in [2.05, 4.69) is 21.2 Å². The second-order valence-corrected chi connectivity index (χ2v) is 7.05. The topological polar surface area (TPSA) is 84.9 Å². The molecule has 7 nitrogen and oxygen atoms in total. The van der Waals surface area contributed by atoms with Gasteiger partial charge in [-0.25, -0.2) is 4.79 Å². The van der Waals surface area contributed by atoms with Crippen LogP contribution in [0.3, 0.4) is 0 Å². The Bertz CT molecular complexity index is 645. The third-order valence-electron chi connectivity index (χ3n) is 3.64. The number of hydrogen-bond acceptors (Lipinski definition) is 5. The molecule has 3 amide bonds. The first kappa shape index (κ1) is 19.2. The Kier molecular flexibility index (Phi) is 6.41. The summed E-state index contributed by atoms with van der Waals surface area (Å²) in [4.78, 5) is 36.5. The first-order valence-electron chi connectivity index (χ1n) is 7.98. The summed E-state index contributed by atoms with van der Waals surface area (Å²) in [5.74, 6) is 0.0277. The van der Waals surface area contributed by atoms with Crippen molar-refractivity contribution in [1.29, 1.82) is 0 Å². The van der Waals surface area contributed by atoms with Crippen LogP contribution in [-0.4, -0.2) is 48.1 Å². The first-order chi connectivity index (χ1) is 11.8. The molecule has 1 aliphatic rings. The molecule has 0 spiro atoms. The summed E-state index contributed by atoms with van der Waals surface area (Å²) in [5, 5.41) is 2.59. The van der Waals surface area contributed by atoms with Gasteiger partial charge in [0.25, 0.3) is 5.91 Å². The first-order valence-corrected chi connectivity index (χ1v) is 8.77. The molecule has 0 radical (unpaired) electrons. The van der Waals surface area contributed by atoms with Crippen molar-refractivity contribution in [2.75, 3.05) is 19.8 Å². The van der Waals surface area contributed by atoms with Gasteiger partial charge in [0, 0.05) is 17.4 Å². The van der Waals surface area contributed by atoms with E-state index in [1.165, 1.54) is 0 Å². The Morgan fingerprint density at radius 1 is 1.20 bits per heavy atom. The smallest absolute Gasteiger partial charge is 0.325 e. The van der Waals surface area contributed by atoms with Crippen molar-refractivity contribution in [3.8, 4) is 5.75 Å². The molecule has 8 heteroatoms. The molecule has 1 N–H and O–H groups in total. The Morgan fingerprint density at radius 3 is 2.48 bits per heavy atom. The van der Waals surface area contributed by atoms with Crippen LogP contribution in [0.5, 0.6) is 5.75 Å². The monoisotopic (exact) mass is 412 g/mol. The number of nitrogens with zero attached hydrogens (tertiary/aromatic N) is 1. The molecule has 0 atom stereocenters. The van der Waals surface area contributed by atoms with Gasteiger partial charge in [-0.05, 0) is 44.5 Å². The van der Waals surface area contributed by atoms with E-state index in [0.29, 0.717) is 12.2 Å². The summed E-state index contributed by atoms with van der Waals surface area (Å²) in [7, 11) is 0. The lowest BCUT2D eigenvalue weighted by Crippen LogP contribution is -2.40. The summed E-state index contributed by atoms with van der Waals surface area (Å²) in [6.45, 7) is 3.89. The van der Waals surface area contributed by atoms with Crippen LogP contribution >= 0.6 is 15.9 Å². The summed E-state index contributed by atoms with van der Waals surface area (Å²) < 4.78 is 11.5. The SMILES string of the molecule is CC1(C)NC(=O)N(CCCC(=O)OCCOc2ccc(Br)cc2)C1=O. The van der Waals surface area contributed by atoms with Gasteiger partial charge in [0.05, 0.1) is 0 Å². The van der Waals surface area contributed by atoms with E-state index in [1.807, 2.05) is 24.3 Å². The van der Waals surface area contributed by atoms with Gasteiger partial charge in [-0.3, -0.25) is 14.5 Å². The van der Waals surface area contributed by atoms with Crippen molar-refractivity contribution in [2.24, 2.45) is 0 Å². The minimum Gasteiger partial charge on any atom is -0.490 e. The molecular weight excluding hydrogens is 392 g/mol. The van der Waals surface area contributed by atoms with Crippen molar-refractivity contribution < 1.29 is 23.9 Å². The largest absolute Gasteiger partial charge is 0.490 e. The van der Waals surface area contributed by atoms with E-state index in [4.69, 9.17) is 9.47 Å². The summed E-state index contributed by atoms with van der Waals surface area (Å²) in [6.07, 6.45) is 0.497. The van der Waals surface area contributed by atoms with Gasteiger partial charge < -0.3 is 14.8 Å². The number of hydrogen-bond donors (Lipinski definition) is 1. The highest BCUT2D eigenvalue weighted by Gasteiger charge is 2.43. The van der Waals surface area contributed by atoms with E-state index in [1.54, 1.807) is 13.8 Å². The molecule has 1 fully saturated rings. The zero-order chi connectivity index (χ0) is 18.4. The molecule has 1 aliphatic heterocycles. The van der Waals surface area contributed by atoms with Gasteiger partial charge in [0.1, 0.15) is 24.5 Å². The van der Waals surface area contributed by atoms with Crippen molar-refractivity contribution >= 4 is 33.8 Å². The Morgan fingerprint density at radius 2 is 1.88 bits per heavy atom. The van der Waals surface area contributed by atoms with Gasteiger partial charge in [-0.15, -0.1) is 0 Å². The molecule has 1 aromatic carbocycles. The molecule has 0 saturated carbocycles. The molecule has 25 heavy (non-hydrogen) atoms. The van der Waals surface area contributed by atoms with Crippen LogP contribution in [0.4, 0.5) is 4.79 Å². The number of nitrogens with one attached hydrogen (secondary N) is 1. The van der Waals surface area contributed by atoms with E-state index in [-0.39, 0.29) is 38.1 Å². The minimum absolute atomic E-state index is 0.135. The van der Waals surface area contributed by atoms with Gasteiger partial charge in [-0.2, -0.15) is 0 Å². The predicted molar refractivity (Wildman–Crippen MR) is 94.2 cm³/mol. The highest BCUT2D eigenvalue weighted by molar-refractivity contribution is 9.10. The zero-order valence-corrected chi connectivity index (χ0v) is 15.8. The summed E-state index contributed by atoms with van der Waals surface area (Å²) >= 11 is 3.33. The number of benzene rings is 1. The molecule has 136 valence electrons. The number of esters is 1. The number of amides is 3. The maximum atomic E-state index is 12.0. The molecular formula is C17H21BrN2O5. The maximum Gasteiger partial charge on any atom is 0.325 e. The molecule has 1 heterocycles. The van der Waals surface area contributed by atoms with Crippen LogP contribution in [0.25, 0.3) is 0 Å². The van der Waals surface area contributed by atoms with Crippen LogP contribution in [0, 0.1) is 0 Å². The van der Waals surface area contributed by atoms with Crippen LogP contribution in [-0.2, 0) is 14.3 Å². The van der Waals surface area contributed by atoms with Crippen LogP contribution in [0.1, 0.15) is 26.7 Å². The molecule has 1 saturated heterocycles. The minimum atomic E-state index is -0.887. The lowest BCUT2D eigenvalue weighted by molar-refractivity contribution is -0.144. The van der Waals surface area contributed by atoms with Crippen LogP contribution in [0.2, 0.25) is 0 Å². The Balaban J connectivity index is 1.60. The predicted octanol–water partition coefficient (Wildman–Crippen LogP) is 2.48. The van der Waals surface area contributed by atoms with Gasteiger partial charge in [-0.1, -0.05) is 15.9 Å². The zero-order valence-electron chi connectivity index (χ0n) is 14.2. The second kappa shape index (κ2) is 8.33. The Labute approximate surface area is 154 Å². The second-order valence-electron chi connectivity index (χ2n) is 6.14. The fourth-order valence-electron chi connectivity index (χ4n) is 2.32. The van der Waals surface area contributed by atoms with Gasteiger partial charge in [0.15, 0.2) is 0 Å².